The molecule has 0 bridgehead atoms. The van der Waals surface area contributed by atoms with Crippen molar-refractivity contribution in [2.75, 3.05) is 13.1 Å². The zero-order valence-corrected chi connectivity index (χ0v) is 10.1. The lowest BCUT2D eigenvalue weighted by atomic mass is 9.98. The Balaban J connectivity index is 1.96. The number of unbranched alkanes of at least 4 members (excludes halogenated alkanes) is 2. The van der Waals surface area contributed by atoms with Gasteiger partial charge >= 0.3 is 0 Å². The molecule has 2 heteroatoms. The average molecular weight is 219 g/mol. The number of fused-ring (bicyclic) bond motifs is 1. The van der Waals surface area contributed by atoms with Crippen LogP contribution >= 0.6 is 0 Å². The predicted octanol–water partition coefficient (Wildman–Crippen LogP) is 2.94. The first-order valence-corrected chi connectivity index (χ1v) is 6.33. The third-order valence-corrected chi connectivity index (χ3v) is 3.40. The van der Waals surface area contributed by atoms with Crippen molar-refractivity contribution in [1.29, 1.82) is 0 Å². The summed E-state index contributed by atoms with van der Waals surface area (Å²) in [4.78, 5) is 2.50. The van der Waals surface area contributed by atoms with E-state index in [-0.39, 0.29) is 0 Å². The lowest BCUT2D eigenvalue weighted by Crippen LogP contribution is -2.31. The van der Waals surface area contributed by atoms with Crippen molar-refractivity contribution in [2.24, 2.45) is 0 Å². The van der Waals surface area contributed by atoms with Crippen LogP contribution in [0.25, 0.3) is 0 Å². The topological polar surface area (TPSA) is 23.5 Å². The van der Waals surface area contributed by atoms with Gasteiger partial charge in [-0.15, -0.1) is 0 Å². The molecule has 1 aliphatic heterocycles. The molecule has 1 aliphatic rings. The van der Waals surface area contributed by atoms with Crippen LogP contribution in [-0.4, -0.2) is 23.1 Å². The normalized spacial score (nSPS) is 16.1. The fourth-order valence-corrected chi connectivity index (χ4v) is 2.42. The molecule has 16 heavy (non-hydrogen) atoms. The van der Waals surface area contributed by atoms with Crippen molar-refractivity contribution in [2.45, 2.75) is 39.2 Å². The number of hydrogen-bond acceptors (Lipinski definition) is 2. The second-order valence-electron chi connectivity index (χ2n) is 4.65. The van der Waals surface area contributed by atoms with Crippen LogP contribution in [0.4, 0.5) is 0 Å². The maximum absolute atomic E-state index is 9.74. The monoisotopic (exact) mass is 219 g/mol. The van der Waals surface area contributed by atoms with Crippen LogP contribution in [0, 0.1) is 0 Å². The minimum Gasteiger partial charge on any atom is -0.508 e. The Labute approximate surface area is 97.9 Å². The molecule has 1 aromatic carbocycles. The Kier molecular flexibility index (Phi) is 3.83. The van der Waals surface area contributed by atoms with E-state index in [1.165, 1.54) is 31.4 Å². The minimum atomic E-state index is 0.478. The maximum atomic E-state index is 9.74. The van der Waals surface area contributed by atoms with Gasteiger partial charge in [0.05, 0.1) is 0 Å². The molecule has 88 valence electrons. The van der Waals surface area contributed by atoms with Crippen molar-refractivity contribution in [3.8, 4) is 5.75 Å². The number of phenolic OH excluding ortho intramolecular Hbond substituents is 1. The first-order chi connectivity index (χ1) is 7.81. The van der Waals surface area contributed by atoms with E-state index in [1.54, 1.807) is 6.07 Å². The Bertz CT molecular complexity index is 349. The molecule has 2 rings (SSSR count). The van der Waals surface area contributed by atoms with Gasteiger partial charge < -0.3 is 5.11 Å². The van der Waals surface area contributed by atoms with Gasteiger partial charge in [0, 0.05) is 13.1 Å². The third kappa shape index (κ3) is 2.56. The van der Waals surface area contributed by atoms with Gasteiger partial charge in [0.1, 0.15) is 5.75 Å². The number of benzene rings is 1. The SMILES string of the molecule is CCCCCN1CCc2c(O)cccc2C1. The summed E-state index contributed by atoms with van der Waals surface area (Å²) < 4.78 is 0. The Morgan fingerprint density at radius 1 is 1.31 bits per heavy atom. The summed E-state index contributed by atoms with van der Waals surface area (Å²) in [5.74, 6) is 0.478. The van der Waals surface area contributed by atoms with E-state index in [0.29, 0.717) is 5.75 Å². The van der Waals surface area contributed by atoms with Crippen LogP contribution in [0.5, 0.6) is 5.75 Å². The van der Waals surface area contributed by atoms with E-state index in [0.717, 1.165) is 25.1 Å². The average Bonchev–Trinajstić information content (AvgIpc) is 2.30. The molecule has 0 unspecified atom stereocenters. The van der Waals surface area contributed by atoms with Gasteiger partial charge in [0.25, 0.3) is 0 Å². The molecule has 0 spiro atoms. The van der Waals surface area contributed by atoms with Crippen molar-refractivity contribution in [1.82, 2.24) is 4.90 Å². The smallest absolute Gasteiger partial charge is 0.119 e. The molecule has 0 aromatic heterocycles. The van der Waals surface area contributed by atoms with E-state index < -0.39 is 0 Å². The molecular formula is C14H21NO. The lowest BCUT2D eigenvalue weighted by molar-refractivity contribution is 0.246. The zero-order chi connectivity index (χ0) is 11.4. The van der Waals surface area contributed by atoms with Crippen LogP contribution < -0.4 is 0 Å². The minimum absolute atomic E-state index is 0.478. The number of phenols is 1. The van der Waals surface area contributed by atoms with E-state index in [2.05, 4.69) is 17.9 Å². The summed E-state index contributed by atoms with van der Waals surface area (Å²) in [5, 5.41) is 9.74. The van der Waals surface area contributed by atoms with Gasteiger partial charge in [-0.25, -0.2) is 0 Å². The van der Waals surface area contributed by atoms with Crippen LogP contribution in [0.1, 0.15) is 37.3 Å². The van der Waals surface area contributed by atoms with E-state index in [1.807, 2.05) is 6.07 Å². The number of hydrogen-bond donors (Lipinski definition) is 1. The van der Waals surface area contributed by atoms with Crippen molar-refractivity contribution in [3.63, 3.8) is 0 Å². The quantitative estimate of drug-likeness (QED) is 0.787. The summed E-state index contributed by atoms with van der Waals surface area (Å²) in [5.41, 5.74) is 2.47. The molecule has 0 fully saturated rings. The standard InChI is InChI=1S/C14H21NO/c1-2-3-4-9-15-10-8-13-12(11-15)6-5-7-14(13)16/h5-7,16H,2-4,8-11H2,1H3. The van der Waals surface area contributed by atoms with Gasteiger partial charge in [-0.1, -0.05) is 31.9 Å². The first kappa shape index (κ1) is 11.5. The van der Waals surface area contributed by atoms with Gasteiger partial charge in [0.15, 0.2) is 0 Å². The fraction of sp³-hybridized carbons (Fsp3) is 0.571. The van der Waals surface area contributed by atoms with Crippen LogP contribution in [0.3, 0.4) is 0 Å². The number of aromatic hydroxyl groups is 1. The van der Waals surface area contributed by atoms with Gasteiger partial charge in [-0.05, 0) is 36.6 Å². The number of rotatable bonds is 4. The molecule has 0 atom stereocenters. The van der Waals surface area contributed by atoms with Crippen LogP contribution in [0.15, 0.2) is 18.2 Å². The second-order valence-corrected chi connectivity index (χ2v) is 4.65. The van der Waals surface area contributed by atoms with E-state index in [9.17, 15) is 5.11 Å². The number of nitrogens with zero attached hydrogens (tertiary/aromatic N) is 1. The summed E-state index contributed by atoms with van der Waals surface area (Å²) in [6.45, 7) is 5.54. The molecule has 0 saturated carbocycles. The summed E-state index contributed by atoms with van der Waals surface area (Å²) in [6, 6.07) is 5.89. The third-order valence-electron chi connectivity index (χ3n) is 3.40. The molecule has 1 aromatic rings. The maximum Gasteiger partial charge on any atom is 0.119 e. The van der Waals surface area contributed by atoms with Crippen LogP contribution in [0.2, 0.25) is 0 Å². The largest absolute Gasteiger partial charge is 0.508 e. The molecule has 0 amide bonds. The highest BCUT2D eigenvalue weighted by Gasteiger charge is 2.17. The van der Waals surface area contributed by atoms with Gasteiger partial charge in [-0.3, -0.25) is 4.90 Å². The predicted molar refractivity (Wildman–Crippen MR) is 66.6 cm³/mol. The molecular weight excluding hydrogens is 198 g/mol. The molecule has 2 nitrogen and oxygen atoms in total. The Morgan fingerprint density at radius 2 is 2.19 bits per heavy atom. The first-order valence-electron chi connectivity index (χ1n) is 6.33. The van der Waals surface area contributed by atoms with E-state index >= 15 is 0 Å². The molecule has 1 N–H and O–H groups in total. The van der Waals surface area contributed by atoms with Gasteiger partial charge in [0.2, 0.25) is 0 Å². The molecule has 1 heterocycles. The van der Waals surface area contributed by atoms with Gasteiger partial charge in [-0.2, -0.15) is 0 Å². The van der Waals surface area contributed by atoms with Crippen LogP contribution in [-0.2, 0) is 13.0 Å². The second kappa shape index (κ2) is 5.35. The van der Waals surface area contributed by atoms with Crippen molar-refractivity contribution < 1.29 is 5.11 Å². The summed E-state index contributed by atoms with van der Waals surface area (Å²) >= 11 is 0. The van der Waals surface area contributed by atoms with Crippen molar-refractivity contribution >= 4 is 0 Å². The van der Waals surface area contributed by atoms with E-state index in [4.69, 9.17) is 0 Å². The highest BCUT2D eigenvalue weighted by Crippen LogP contribution is 2.26. The van der Waals surface area contributed by atoms with Crippen molar-refractivity contribution in [3.05, 3.63) is 29.3 Å². The lowest BCUT2D eigenvalue weighted by Gasteiger charge is -2.29. The fourth-order valence-electron chi connectivity index (χ4n) is 2.42. The summed E-state index contributed by atoms with van der Waals surface area (Å²) in [6.07, 6.45) is 4.90. The molecule has 0 aliphatic carbocycles. The Morgan fingerprint density at radius 3 is 3.00 bits per heavy atom. The summed E-state index contributed by atoms with van der Waals surface area (Å²) in [7, 11) is 0. The molecule has 0 saturated heterocycles. The Hall–Kier alpha value is -1.02. The molecule has 0 radical (unpaired) electrons. The zero-order valence-electron chi connectivity index (χ0n) is 10.1. The highest BCUT2D eigenvalue weighted by molar-refractivity contribution is 5.40. The highest BCUT2D eigenvalue weighted by atomic mass is 16.3.